The highest BCUT2D eigenvalue weighted by Crippen LogP contribution is 2.21. The third-order valence-electron chi connectivity index (χ3n) is 2.95. The van der Waals surface area contributed by atoms with Crippen LogP contribution in [0.15, 0.2) is 30.6 Å². The number of hydrogen-bond acceptors (Lipinski definition) is 4. The van der Waals surface area contributed by atoms with Crippen LogP contribution in [0.25, 0.3) is 11.3 Å². The minimum absolute atomic E-state index is 0.0196. The summed E-state index contributed by atoms with van der Waals surface area (Å²) in [6, 6.07) is 4.37. The summed E-state index contributed by atoms with van der Waals surface area (Å²) in [5, 5.41) is 2.65. The Morgan fingerprint density at radius 3 is 2.82 bits per heavy atom. The molecule has 5 nitrogen and oxygen atoms in total. The fourth-order valence-electron chi connectivity index (χ4n) is 1.90. The third kappa shape index (κ3) is 3.78. The monoisotopic (exact) mass is 303 g/mol. The highest BCUT2D eigenvalue weighted by Gasteiger charge is 2.13. The lowest BCUT2D eigenvalue weighted by atomic mass is 10.1. The number of carbonyl (C=O) groups is 1. The summed E-state index contributed by atoms with van der Waals surface area (Å²) < 4.78 is 19.4. The molecule has 0 aliphatic heterocycles. The van der Waals surface area contributed by atoms with Gasteiger partial charge in [0, 0.05) is 12.1 Å². The maximum Gasteiger partial charge on any atom is 0.254 e. The van der Waals surface area contributed by atoms with Gasteiger partial charge >= 0.3 is 0 Å². The zero-order valence-electron chi connectivity index (χ0n) is 12.6. The normalized spacial score (nSPS) is 10.3. The number of carbonyl (C=O) groups excluding carboxylic acids is 1. The lowest BCUT2D eigenvalue weighted by molar-refractivity contribution is 0.0949. The van der Waals surface area contributed by atoms with Crippen LogP contribution in [0.3, 0.4) is 0 Å². The fourth-order valence-corrected chi connectivity index (χ4v) is 1.90. The standard InChI is InChI=1S/C16H18FN3O2/c1-3-7-19-16(21)12-6-5-11(8-13(12)17)14-9-18-10-15(20-14)22-4-2/h5-6,8-10H,3-4,7H2,1-2H3,(H,19,21). The van der Waals surface area contributed by atoms with Gasteiger partial charge in [-0.05, 0) is 25.5 Å². The predicted octanol–water partition coefficient (Wildman–Crippen LogP) is 2.82. The Labute approximate surface area is 128 Å². The van der Waals surface area contributed by atoms with Gasteiger partial charge in [-0.3, -0.25) is 9.78 Å². The summed E-state index contributed by atoms with van der Waals surface area (Å²) in [5.41, 5.74) is 1.05. The zero-order chi connectivity index (χ0) is 15.9. The first kappa shape index (κ1) is 15.9. The first-order valence-electron chi connectivity index (χ1n) is 7.18. The lowest BCUT2D eigenvalue weighted by Gasteiger charge is -2.08. The van der Waals surface area contributed by atoms with Crippen LogP contribution in [0.2, 0.25) is 0 Å². The van der Waals surface area contributed by atoms with Crippen LogP contribution < -0.4 is 10.1 Å². The van der Waals surface area contributed by atoms with E-state index in [1.54, 1.807) is 6.07 Å². The molecule has 6 heteroatoms. The van der Waals surface area contributed by atoms with Crippen LogP contribution in [-0.4, -0.2) is 29.0 Å². The summed E-state index contributed by atoms with van der Waals surface area (Å²) in [7, 11) is 0. The fraction of sp³-hybridized carbons (Fsp3) is 0.312. The first-order valence-corrected chi connectivity index (χ1v) is 7.18. The van der Waals surface area contributed by atoms with Crippen molar-refractivity contribution >= 4 is 5.91 Å². The summed E-state index contributed by atoms with van der Waals surface area (Å²) in [5.74, 6) is -0.625. The van der Waals surface area contributed by atoms with Crippen LogP contribution in [-0.2, 0) is 0 Å². The van der Waals surface area contributed by atoms with E-state index >= 15 is 0 Å². The van der Waals surface area contributed by atoms with Crippen molar-refractivity contribution in [2.75, 3.05) is 13.2 Å². The Morgan fingerprint density at radius 2 is 2.14 bits per heavy atom. The predicted molar refractivity (Wildman–Crippen MR) is 81.2 cm³/mol. The van der Waals surface area contributed by atoms with Crippen LogP contribution in [0.5, 0.6) is 5.88 Å². The summed E-state index contributed by atoms with van der Waals surface area (Å²) in [6.07, 6.45) is 3.81. The molecule has 0 aliphatic rings. The molecule has 0 fully saturated rings. The van der Waals surface area contributed by atoms with Crippen LogP contribution in [0, 0.1) is 5.82 Å². The summed E-state index contributed by atoms with van der Waals surface area (Å²) in [6.45, 7) is 4.77. The smallest absolute Gasteiger partial charge is 0.254 e. The quantitative estimate of drug-likeness (QED) is 0.891. The maximum absolute atomic E-state index is 14.1. The molecule has 0 aliphatic carbocycles. The first-order chi connectivity index (χ1) is 10.7. The summed E-state index contributed by atoms with van der Waals surface area (Å²) in [4.78, 5) is 20.1. The number of ether oxygens (including phenoxy) is 1. The van der Waals surface area contributed by atoms with Gasteiger partial charge in [0.05, 0.1) is 30.3 Å². The van der Waals surface area contributed by atoms with Crippen molar-refractivity contribution < 1.29 is 13.9 Å². The summed E-state index contributed by atoms with van der Waals surface area (Å²) >= 11 is 0. The number of nitrogens with one attached hydrogen (secondary N) is 1. The van der Waals surface area contributed by atoms with E-state index in [1.807, 2.05) is 13.8 Å². The van der Waals surface area contributed by atoms with Crippen molar-refractivity contribution in [3.8, 4) is 17.1 Å². The van der Waals surface area contributed by atoms with Crippen molar-refractivity contribution in [3.05, 3.63) is 42.0 Å². The number of benzene rings is 1. The SMILES string of the molecule is CCCNC(=O)c1ccc(-c2cncc(OCC)n2)cc1F. The Balaban J connectivity index is 2.25. The minimum Gasteiger partial charge on any atom is -0.477 e. The van der Waals surface area contributed by atoms with Gasteiger partial charge in [-0.25, -0.2) is 9.37 Å². The van der Waals surface area contributed by atoms with Gasteiger partial charge in [-0.15, -0.1) is 0 Å². The van der Waals surface area contributed by atoms with Gasteiger partial charge in [0.15, 0.2) is 0 Å². The van der Waals surface area contributed by atoms with E-state index in [-0.39, 0.29) is 5.56 Å². The molecule has 0 atom stereocenters. The van der Waals surface area contributed by atoms with Gasteiger partial charge in [-0.2, -0.15) is 0 Å². The molecule has 1 N–H and O–H groups in total. The number of nitrogens with zero attached hydrogens (tertiary/aromatic N) is 2. The molecule has 0 saturated heterocycles. The second kappa shape index (κ2) is 7.49. The maximum atomic E-state index is 14.1. The second-order valence-electron chi connectivity index (χ2n) is 4.63. The van der Waals surface area contributed by atoms with Crippen LogP contribution in [0.1, 0.15) is 30.6 Å². The molecular weight excluding hydrogens is 285 g/mol. The van der Waals surface area contributed by atoms with Gasteiger partial charge in [-0.1, -0.05) is 13.0 Å². The Morgan fingerprint density at radius 1 is 1.32 bits per heavy atom. The number of halogens is 1. The van der Waals surface area contributed by atoms with E-state index in [2.05, 4.69) is 15.3 Å². The molecule has 1 aromatic heterocycles. The molecular formula is C16H18FN3O2. The second-order valence-corrected chi connectivity index (χ2v) is 4.63. The molecule has 22 heavy (non-hydrogen) atoms. The average Bonchev–Trinajstić information content (AvgIpc) is 2.53. The van der Waals surface area contributed by atoms with E-state index in [4.69, 9.17) is 4.74 Å². The Kier molecular flexibility index (Phi) is 5.41. The number of amides is 1. The topological polar surface area (TPSA) is 64.1 Å². The van der Waals surface area contributed by atoms with Gasteiger partial charge in [0.1, 0.15) is 5.82 Å². The van der Waals surface area contributed by atoms with E-state index < -0.39 is 11.7 Å². The van der Waals surface area contributed by atoms with Gasteiger partial charge in [0.25, 0.3) is 5.91 Å². The number of rotatable bonds is 6. The van der Waals surface area contributed by atoms with Gasteiger partial charge in [0.2, 0.25) is 5.88 Å². The average molecular weight is 303 g/mol. The molecule has 1 heterocycles. The number of hydrogen-bond donors (Lipinski definition) is 1. The van der Waals surface area contributed by atoms with Crippen LogP contribution in [0.4, 0.5) is 4.39 Å². The van der Waals surface area contributed by atoms with Crippen molar-refractivity contribution in [2.24, 2.45) is 0 Å². The molecule has 0 saturated carbocycles. The largest absolute Gasteiger partial charge is 0.477 e. The number of aromatic nitrogens is 2. The molecule has 0 spiro atoms. The molecule has 1 aromatic carbocycles. The molecule has 0 unspecified atom stereocenters. The lowest BCUT2D eigenvalue weighted by Crippen LogP contribution is -2.24. The molecule has 0 bridgehead atoms. The minimum atomic E-state index is -0.588. The van der Waals surface area contributed by atoms with E-state index in [1.165, 1.54) is 24.5 Å². The van der Waals surface area contributed by atoms with Crippen molar-refractivity contribution in [1.82, 2.24) is 15.3 Å². The molecule has 0 radical (unpaired) electrons. The molecule has 116 valence electrons. The van der Waals surface area contributed by atoms with E-state index in [9.17, 15) is 9.18 Å². The Hall–Kier alpha value is -2.50. The van der Waals surface area contributed by atoms with Gasteiger partial charge < -0.3 is 10.1 Å². The molecule has 1 amide bonds. The molecule has 2 aromatic rings. The van der Waals surface area contributed by atoms with E-state index in [0.717, 1.165) is 6.42 Å². The highest BCUT2D eigenvalue weighted by molar-refractivity contribution is 5.94. The zero-order valence-corrected chi connectivity index (χ0v) is 12.6. The van der Waals surface area contributed by atoms with Crippen molar-refractivity contribution in [2.45, 2.75) is 20.3 Å². The van der Waals surface area contributed by atoms with Crippen LogP contribution >= 0.6 is 0 Å². The van der Waals surface area contributed by atoms with Crippen molar-refractivity contribution in [1.29, 1.82) is 0 Å². The Bertz CT molecular complexity index is 662. The van der Waals surface area contributed by atoms with Crippen molar-refractivity contribution in [3.63, 3.8) is 0 Å². The molecule has 2 rings (SSSR count). The third-order valence-corrected chi connectivity index (χ3v) is 2.95. The van der Waals surface area contributed by atoms with E-state index in [0.29, 0.717) is 30.3 Å². The highest BCUT2D eigenvalue weighted by atomic mass is 19.1.